The molecule has 24 heavy (non-hydrogen) atoms. The number of hydrogen-bond acceptors (Lipinski definition) is 3. The summed E-state index contributed by atoms with van der Waals surface area (Å²) in [5, 5.41) is -0.0198. The van der Waals surface area contributed by atoms with Gasteiger partial charge in [-0.15, -0.1) is 0 Å². The summed E-state index contributed by atoms with van der Waals surface area (Å²) in [5.74, 6) is -1.10. The normalized spacial score (nSPS) is 15.5. The van der Waals surface area contributed by atoms with Crippen LogP contribution in [-0.2, 0) is 26.4 Å². The second kappa shape index (κ2) is 6.84. The second-order valence-corrected chi connectivity index (χ2v) is 6.56. The van der Waals surface area contributed by atoms with E-state index in [9.17, 15) is 13.4 Å². The standard InChI is InChI=1S/C17H12ClFO4S/c18-14-6-5-12(7-15(14)19)16-13(8-23-17(16)20)11-3-1-10(2-4-11)9-24(21)22/h1-7H,8-9H2,(H,21,22). The molecule has 0 bridgehead atoms. The van der Waals surface area contributed by atoms with Crippen LogP contribution in [0, 0.1) is 5.82 Å². The van der Waals surface area contributed by atoms with Crippen molar-refractivity contribution in [2.24, 2.45) is 0 Å². The monoisotopic (exact) mass is 366 g/mol. The number of rotatable bonds is 4. The van der Waals surface area contributed by atoms with Crippen LogP contribution in [0.15, 0.2) is 42.5 Å². The molecular weight excluding hydrogens is 355 g/mol. The SMILES string of the molecule is O=C1OCC(c2ccc(CS(=O)O)cc2)=C1c1ccc(Cl)c(F)c1. The van der Waals surface area contributed by atoms with E-state index < -0.39 is 22.9 Å². The van der Waals surface area contributed by atoms with Crippen LogP contribution in [0.25, 0.3) is 11.1 Å². The minimum Gasteiger partial charge on any atom is -0.457 e. The van der Waals surface area contributed by atoms with Crippen LogP contribution in [0.1, 0.15) is 16.7 Å². The summed E-state index contributed by atoms with van der Waals surface area (Å²) in [4.78, 5) is 12.1. The zero-order chi connectivity index (χ0) is 17.3. The lowest BCUT2D eigenvalue weighted by molar-refractivity contribution is -0.133. The van der Waals surface area contributed by atoms with Gasteiger partial charge in [-0.1, -0.05) is 41.9 Å². The first kappa shape index (κ1) is 16.8. The fourth-order valence-corrected chi connectivity index (χ4v) is 3.12. The van der Waals surface area contributed by atoms with Gasteiger partial charge in [0.15, 0.2) is 11.1 Å². The van der Waals surface area contributed by atoms with E-state index in [0.717, 1.165) is 5.56 Å². The highest BCUT2D eigenvalue weighted by Crippen LogP contribution is 2.34. The fraction of sp³-hybridized carbons (Fsp3) is 0.118. The van der Waals surface area contributed by atoms with Crippen LogP contribution in [0.3, 0.4) is 0 Å². The largest absolute Gasteiger partial charge is 0.457 e. The first-order valence-electron chi connectivity index (χ1n) is 6.98. The third-order valence-electron chi connectivity index (χ3n) is 3.65. The summed E-state index contributed by atoms with van der Waals surface area (Å²) >= 11 is 3.77. The summed E-state index contributed by atoms with van der Waals surface area (Å²) in [6.07, 6.45) is 0. The molecule has 0 radical (unpaired) electrons. The lowest BCUT2D eigenvalue weighted by Gasteiger charge is -2.06. The van der Waals surface area contributed by atoms with Crippen LogP contribution in [0.5, 0.6) is 0 Å². The number of ether oxygens (including phenoxy) is 1. The van der Waals surface area contributed by atoms with Gasteiger partial charge in [-0.3, -0.25) is 0 Å². The van der Waals surface area contributed by atoms with Crippen molar-refractivity contribution in [3.05, 3.63) is 70.0 Å². The Hall–Kier alpha value is -2.02. The van der Waals surface area contributed by atoms with Crippen LogP contribution in [0.2, 0.25) is 5.02 Å². The quantitative estimate of drug-likeness (QED) is 0.662. The maximum atomic E-state index is 13.7. The van der Waals surface area contributed by atoms with Crippen LogP contribution < -0.4 is 0 Å². The molecule has 0 saturated carbocycles. The summed E-state index contributed by atoms with van der Waals surface area (Å²) in [7, 11) is 0. The molecule has 1 aliphatic heterocycles. The number of halogens is 2. The van der Waals surface area contributed by atoms with Crippen molar-refractivity contribution in [2.45, 2.75) is 5.75 Å². The Labute approximate surface area is 145 Å². The number of esters is 1. The van der Waals surface area contributed by atoms with Crippen molar-refractivity contribution in [1.29, 1.82) is 0 Å². The van der Waals surface area contributed by atoms with Gasteiger partial charge in [-0.05, 0) is 28.8 Å². The van der Waals surface area contributed by atoms with Crippen molar-refractivity contribution in [3.8, 4) is 0 Å². The molecule has 2 aromatic carbocycles. The van der Waals surface area contributed by atoms with Crippen molar-refractivity contribution in [2.75, 3.05) is 6.61 Å². The molecular formula is C17H12ClFO4S. The van der Waals surface area contributed by atoms with Gasteiger partial charge < -0.3 is 9.29 Å². The first-order valence-corrected chi connectivity index (χ1v) is 8.63. The molecule has 1 aliphatic rings. The number of carbonyl (C=O) groups excluding carboxylic acids is 1. The van der Waals surface area contributed by atoms with E-state index in [0.29, 0.717) is 22.3 Å². The third-order valence-corrected chi connectivity index (χ3v) is 4.54. The molecule has 0 spiro atoms. The molecule has 1 heterocycles. The first-order chi connectivity index (χ1) is 11.5. The fourth-order valence-electron chi connectivity index (χ4n) is 2.52. The maximum absolute atomic E-state index is 13.7. The summed E-state index contributed by atoms with van der Waals surface area (Å²) in [6.45, 7) is 0.0870. The molecule has 1 N–H and O–H groups in total. The summed E-state index contributed by atoms with van der Waals surface area (Å²) in [6, 6.07) is 11.1. The van der Waals surface area contributed by atoms with Gasteiger partial charge in [0.2, 0.25) is 0 Å². The van der Waals surface area contributed by atoms with Crippen LogP contribution >= 0.6 is 11.6 Å². The molecule has 0 aromatic heterocycles. The average Bonchev–Trinajstić information content (AvgIpc) is 2.92. The number of benzene rings is 2. The Morgan fingerprint density at radius 3 is 2.46 bits per heavy atom. The van der Waals surface area contributed by atoms with Crippen molar-refractivity contribution >= 4 is 39.8 Å². The number of cyclic esters (lactones) is 1. The van der Waals surface area contributed by atoms with Crippen molar-refractivity contribution in [3.63, 3.8) is 0 Å². The Balaban J connectivity index is 2.02. The molecule has 1 atom stereocenters. The lowest BCUT2D eigenvalue weighted by atomic mass is 9.96. The highest BCUT2D eigenvalue weighted by molar-refractivity contribution is 7.78. The lowest BCUT2D eigenvalue weighted by Crippen LogP contribution is -1.99. The Morgan fingerprint density at radius 1 is 1.17 bits per heavy atom. The Bertz CT molecular complexity index is 861. The van der Waals surface area contributed by atoms with Crippen molar-refractivity contribution in [1.82, 2.24) is 0 Å². The smallest absolute Gasteiger partial charge is 0.339 e. The van der Waals surface area contributed by atoms with Crippen LogP contribution in [0.4, 0.5) is 4.39 Å². The molecule has 7 heteroatoms. The molecule has 0 amide bonds. The van der Waals surface area contributed by atoms with Gasteiger partial charge >= 0.3 is 5.97 Å². The zero-order valence-electron chi connectivity index (χ0n) is 12.3. The summed E-state index contributed by atoms with van der Waals surface area (Å²) < 4.78 is 38.6. The molecule has 0 saturated heterocycles. The zero-order valence-corrected chi connectivity index (χ0v) is 13.9. The second-order valence-electron chi connectivity index (χ2n) is 5.22. The third kappa shape index (κ3) is 3.40. The minimum atomic E-state index is -1.92. The van der Waals surface area contributed by atoms with Gasteiger partial charge in [0.25, 0.3) is 0 Å². The number of hydrogen-bond donors (Lipinski definition) is 1. The van der Waals surface area contributed by atoms with E-state index in [1.165, 1.54) is 12.1 Å². The van der Waals surface area contributed by atoms with E-state index in [1.807, 2.05) is 0 Å². The van der Waals surface area contributed by atoms with E-state index in [-0.39, 0.29) is 17.4 Å². The predicted molar refractivity (Wildman–Crippen MR) is 90.1 cm³/mol. The number of carbonyl (C=O) groups is 1. The van der Waals surface area contributed by atoms with Gasteiger partial charge in [-0.2, -0.15) is 0 Å². The molecule has 1 unspecified atom stereocenters. The van der Waals surface area contributed by atoms with E-state index in [4.69, 9.17) is 20.9 Å². The molecule has 0 aliphatic carbocycles. The average molecular weight is 367 g/mol. The maximum Gasteiger partial charge on any atom is 0.339 e. The molecule has 3 rings (SSSR count). The van der Waals surface area contributed by atoms with Gasteiger partial charge in [0.1, 0.15) is 12.4 Å². The predicted octanol–water partition coefficient (Wildman–Crippen LogP) is 3.67. The highest BCUT2D eigenvalue weighted by atomic mass is 35.5. The van der Waals surface area contributed by atoms with Gasteiger partial charge in [0, 0.05) is 5.57 Å². The van der Waals surface area contributed by atoms with E-state index in [2.05, 4.69) is 0 Å². The molecule has 0 fully saturated rings. The van der Waals surface area contributed by atoms with E-state index >= 15 is 0 Å². The summed E-state index contributed by atoms with van der Waals surface area (Å²) in [5.41, 5.74) is 2.76. The van der Waals surface area contributed by atoms with Crippen molar-refractivity contribution < 1.29 is 22.7 Å². The topological polar surface area (TPSA) is 63.6 Å². The van der Waals surface area contributed by atoms with Gasteiger partial charge in [0.05, 0.1) is 16.3 Å². The molecule has 124 valence electrons. The van der Waals surface area contributed by atoms with E-state index in [1.54, 1.807) is 30.3 Å². The minimum absolute atomic E-state index is 0.0198. The highest BCUT2D eigenvalue weighted by Gasteiger charge is 2.27. The van der Waals surface area contributed by atoms with Crippen LogP contribution in [-0.4, -0.2) is 21.3 Å². The Morgan fingerprint density at radius 2 is 1.83 bits per heavy atom. The van der Waals surface area contributed by atoms with Gasteiger partial charge in [-0.25, -0.2) is 13.4 Å². The molecule has 4 nitrogen and oxygen atoms in total. The Kier molecular flexibility index (Phi) is 4.80. The molecule has 2 aromatic rings.